The van der Waals surface area contributed by atoms with Crippen LogP contribution in [0.15, 0.2) is 17.5 Å². The van der Waals surface area contributed by atoms with Crippen molar-refractivity contribution in [3.63, 3.8) is 0 Å². The zero-order valence-corrected chi connectivity index (χ0v) is 12.9. The monoisotopic (exact) mass is 280 g/mol. The summed E-state index contributed by atoms with van der Waals surface area (Å²) in [7, 11) is 1.93. The predicted molar refractivity (Wildman–Crippen MR) is 80.6 cm³/mol. The Morgan fingerprint density at radius 2 is 2.21 bits per heavy atom. The fourth-order valence-electron chi connectivity index (χ4n) is 2.47. The van der Waals surface area contributed by atoms with Crippen LogP contribution in [0.4, 0.5) is 4.79 Å². The summed E-state index contributed by atoms with van der Waals surface area (Å²) in [5.74, 6) is 0.762. The molecule has 3 nitrogen and oxygen atoms in total. The van der Waals surface area contributed by atoms with Gasteiger partial charge in [0.25, 0.3) is 0 Å². The number of carbonyl (C=O) groups excluding carboxylic acids is 1. The van der Waals surface area contributed by atoms with E-state index in [1.807, 2.05) is 16.8 Å². The standard InChI is InChI=1S/C15H24N2OS/c1-12-6-8-17(9-7-12)15(18)16(3)13(2)11-14-5-4-10-19-14/h4-5,10,12-13H,6-9,11H2,1-3H3. The number of amides is 2. The summed E-state index contributed by atoms with van der Waals surface area (Å²) >= 11 is 1.76. The molecule has 0 N–H and O–H groups in total. The lowest BCUT2D eigenvalue weighted by atomic mass is 9.99. The first-order valence-electron chi connectivity index (χ1n) is 7.12. The van der Waals surface area contributed by atoms with E-state index >= 15 is 0 Å². The average molecular weight is 280 g/mol. The molecule has 1 aliphatic heterocycles. The van der Waals surface area contributed by atoms with E-state index in [4.69, 9.17) is 0 Å². The van der Waals surface area contributed by atoms with Crippen LogP contribution in [0.25, 0.3) is 0 Å². The van der Waals surface area contributed by atoms with E-state index in [9.17, 15) is 4.79 Å². The third-order valence-corrected chi connectivity index (χ3v) is 4.99. The van der Waals surface area contributed by atoms with E-state index in [1.165, 1.54) is 4.88 Å². The fourth-order valence-corrected chi connectivity index (χ4v) is 3.29. The molecule has 106 valence electrons. The largest absolute Gasteiger partial charge is 0.325 e. The molecule has 0 aliphatic carbocycles. The third kappa shape index (κ3) is 3.72. The number of urea groups is 1. The smallest absolute Gasteiger partial charge is 0.319 e. The molecule has 0 saturated carbocycles. The minimum absolute atomic E-state index is 0.191. The van der Waals surface area contributed by atoms with Gasteiger partial charge in [-0.3, -0.25) is 0 Å². The van der Waals surface area contributed by atoms with Crippen LogP contribution in [-0.4, -0.2) is 42.0 Å². The Hall–Kier alpha value is -1.03. The summed E-state index contributed by atoms with van der Waals surface area (Å²) in [5.41, 5.74) is 0. The number of carbonyl (C=O) groups is 1. The van der Waals surface area contributed by atoms with Crippen LogP contribution in [0, 0.1) is 5.92 Å². The highest BCUT2D eigenvalue weighted by molar-refractivity contribution is 7.09. The second-order valence-electron chi connectivity index (χ2n) is 5.70. The molecular weight excluding hydrogens is 256 g/mol. The van der Waals surface area contributed by atoms with Crippen LogP contribution in [0.5, 0.6) is 0 Å². The number of nitrogens with zero attached hydrogens (tertiary/aromatic N) is 2. The van der Waals surface area contributed by atoms with Gasteiger partial charge in [-0.25, -0.2) is 4.79 Å². The van der Waals surface area contributed by atoms with Gasteiger partial charge >= 0.3 is 6.03 Å². The minimum Gasteiger partial charge on any atom is -0.325 e. The molecule has 1 atom stereocenters. The van der Waals surface area contributed by atoms with Crippen molar-refractivity contribution in [3.05, 3.63) is 22.4 Å². The van der Waals surface area contributed by atoms with Crippen molar-refractivity contribution >= 4 is 17.4 Å². The zero-order chi connectivity index (χ0) is 13.8. The number of thiophene rings is 1. The summed E-state index contributed by atoms with van der Waals surface area (Å²) in [5, 5.41) is 2.09. The fraction of sp³-hybridized carbons (Fsp3) is 0.667. The van der Waals surface area contributed by atoms with Crippen molar-refractivity contribution in [1.82, 2.24) is 9.80 Å². The van der Waals surface area contributed by atoms with E-state index in [0.29, 0.717) is 0 Å². The van der Waals surface area contributed by atoms with Crippen molar-refractivity contribution < 1.29 is 4.79 Å². The Morgan fingerprint density at radius 1 is 1.53 bits per heavy atom. The van der Waals surface area contributed by atoms with Gasteiger partial charge in [0, 0.05) is 37.5 Å². The van der Waals surface area contributed by atoms with Gasteiger partial charge in [0.05, 0.1) is 0 Å². The number of hydrogen-bond donors (Lipinski definition) is 0. The molecule has 19 heavy (non-hydrogen) atoms. The van der Waals surface area contributed by atoms with Crippen molar-refractivity contribution in [1.29, 1.82) is 0 Å². The maximum absolute atomic E-state index is 12.4. The highest BCUT2D eigenvalue weighted by Gasteiger charge is 2.25. The van der Waals surface area contributed by atoms with Gasteiger partial charge in [-0.05, 0) is 37.1 Å². The first kappa shape index (κ1) is 14.4. The van der Waals surface area contributed by atoms with Gasteiger partial charge in [-0.2, -0.15) is 0 Å². The summed E-state index contributed by atoms with van der Waals surface area (Å²) in [6, 6.07) is 4.66. The molecule has 1 unspecified atom stereocenters. The van der Waals surface area contributed by atoms with Crippen molar-refractivity contribution in [2.45, 2.75) is 39.2 Å². The van der Waals surface area contributed by atoms with Crippen molar-refractivity contribution in [3.8, 4) is 0 Å². The Balaban J connectivity index is 1.87. The Bertz CT molecular complexity index is 396. The quantitative estimate of drug-likeness (QED) is 0.831. The lowest BCUT2D eigenvalue weighted by Crippen LogP contribution is -2.48. The lowest BCUT2D eigenvalue weighted by molar-refractivity contribution is 0.132. The lowest BCUT2D eigenvalue weighted by Gasteiger charge is -2.35. The molecule has 0 aromatic carbocycles. The van der Waals surface area contributed by atoms with Crippen LogP contribution >= 0.6 is 11.3 Å². The normalized spacial score (nSPS) is 18.4. The maximum atomic E-state index is 12.4. The highest BCUT2D eigenvalue weighted by Crippen LogP contribution is 2.19. The average Bonchev–Trinajstić information content (AvgIpc) is 2.90. The van der Waals surface area contributed by atoms with E-state index in [0.717, 1.165) is 38.3 Å². The molecule has 1 aliphatic rings. The number of rotatable bonds is 3. The summed E-state index contributed by atoms with van der Waals surface area (Å²) in [4.78, 5) is 17.7. The minimum atomic E-state index is 0.191. The first-order valence-corrected chi connectivity index (χ1v) is 8.00. The molecule has 2 amide bonds. The Kier molecular flexibility index (Phi) is 4.86. The summed E-state index contributed by atoms with van der Waals surface area (Å²) in [6.07, 6.45) is 3.22. The van der Waals surface area contributed by atoms with Crippen LogP contribution in [0.1, 0.15) is 31.6 Å². The SMILES string of the molecule is CC1CCN(C(=O)N(C)C(C)Cc2cccs2)CC1. The van der Waals surface area contributed by atoms with Crippen molar-refractivity contribution in [2.24, 2.45) is 5.92 Å². The highest BCUT2D eigenvalue weighted by atomic mass is 32.1. The molecule has 0 bridgehead atoms. The molecule has 2 rings (SSSR count). The zero-order valence-electron chi connectivity index (χ0n) is 12.1. The van der Waals surface area contributed by atoms with Crippen LogP contribution < -0.4 is 0 Å². The molecule has 1 aromatic heterocycles. The van der Waals surface area contributed by atoms with Gasteiger partial charge in [-0.1, -0.05) is 13.0 Å². The maximum Gasteiger partial charge on any atom is 0.319 e. The molecule has 0 radical (unpaired) electrons. The van der Waals surface area contributed by atoms with Gasteiger partial charge < -0.3 is 9.80 Å². The predicted octanol–water partition coefficient (Wildman–Crippen LogP) is 3.46. The summed E-state index contributed by atoms with van der Waals surface area (Å²) < 4.78 is 0. The summed E-state index contributed by atoms with van der Waals surface area (Å²) in [6.45, 7) is 6.22. The molecule has 0 spiro atoms. The van der Waals surface area contributed by atoms with E-state index in [1.54, 1.807) is 11.3 Å². The molecule has 1 saturated heterocycles. The van der Waals surface area contributed by atoms with Gasteiger partial charge in [0.15, 0.2) is 0 Å². The van der Waals surface area contributed by atoms with Crippen LogP contribution in [0.3, 0.4) is 0 Å². The molecule has 4 heteroatoms. The Morgan fingerprint density at radius 3 is 2.79 bits per heavy atom. The molecule has 1 fully saturated rings. The number of hydrogen-bond acceptors (Lipinski definition) is 2. The van der Waals surface area contributed by atoms with E-state index in [-0.39, 0.29) is 12.1 Å². The van der Waals surface area contributed by atoms with Gasteiger partial charge in [0.1, 0.15) is 0 Å². The first-order chi connectivity index (χ1) is 9.08. The van der Waals surface area contributed by atoms with Gasteiger partial charge in [0.2, 0.25) is 0 Å². The number of likely N-dealkylation sites (tertiary alicyclic amines) is 1. The number of piperidine rings is 1. The van der Waals surface area contributed by atoms with E-state index in [2.05, 4.69) is 31.4 Å². The molecular formula is C15H24N2OS. The van der Waals surface area contributed by atoms with Crippen LogP contribution in [0.2, 0.25) is 0 Å². The third-order valence-electron chi connectivity index (χ3n) is 4.09. The topological polar surface area (TPSA) is 23.6 Å². The second kappa shape index (κ2) is 6.42. The molecule has 1 aromatic rings. The Labute approximate surface area is 120 Å². The molecule has 2 heterocycles. The van der Waals surface area contributed by atoms with Crippen LogP contribution in [-0.2, 0) is 6.42 Å². The van der Waals surface area contributed by atoms with E-state index < -0.39 is 0 Å². The van der Waals surface area contributed by atoms with Gasteiger partial charge in [-0.15, -0.1) is 11.3 Å². The second-order valence-corrected chi connectivity index (χ2v) is 6.73. The number of likely N-dealkylation sites (N-methyl/N-ethyl adjacent to an activating group) is 1. The van der Waals surface area contributed by atoms with Crippen molar-refractivity contribution in [2.75, 3.05) is 20.1 Å².